The summed E-state index contributed by atoms with van der Waals surface area (Å²) < 4.78 is 5.22. The largest absolute Gasteiger partial charge is 0.507 e. The Morgan fingerprint density at radius 3 is 2.48 bits per heavy atom. The van der Waals surface area contributed by atoms with Crippen molar-refractivity contribution in [3.05, 3.63) is 65.7 Å². The van der Waals surface area contributed by atoms with E-state index in [0.717, 1.165) is 6.08 Å². The van der Waals surface area contributed by atoms with E-state index in [-0.39, 0.29) is 17.1 Å². The van der Waals surface area contributed by atoms with Crippen LogP contribution >= 0.6 is 0 Å². The van der Waals surface area contributed by atoms with E-state index in [1.54, 1.807) is 37.3 Å². The molecule has 0 aromatic heterocycles. The first kappa shape index (κ1) is 16.3. The smallest absolute Gasteiger partial charge is 0.247 e. The first-order valence-corrected chi connectivity index (χ1v) is 6.93. The van der Waals surface area contributed by atoms with Gasteiger partial charge in [0.2, 0.25) is 5.91 Å². The second-order valence-corrected chi connectivity index (χ2v) is 4.87. The van der Waals surface area contributed by atoms with Crippen molar-refractivity contribution in [3.8, 4) is 11.5 Å². The number of anilines is 1. The Morgan fingerprint density at radius 1 is 1.26 bits per heavy atom. The van der Waals surface area contributed by atoms with E-state index in [4.69, 9.17) is 4.74 Å². The maximum Gasteiger partial charge on any atom is 0.247 e. The average molecular weight is 311 g/mol. The molecule has 2 N–H and O–H groups in total. The number of methoxy groups -OCH3 is 1. The number of hydrogen-bond acceptors (Lipinski definition) is 4. The summed E-state index contributed by atoms with van der Waals surface area (Å²) in [5.41, 5.74) is 1.20. The van der Waals surface area contributed by atoms with E-state index >= 15 is 0 Å². The van der Waals surface area contributed by atoms with Gasteiger partial charge in [-0.2, -0.15) is 0 Å². The molecule has 0 spiro atoms. The number of nitrogens with one attached hydrogen (secondary N) is 1. The molecule has 0 unspecified atom stereocenters. The number of phenolic OH excluding ortho intramolecular Hbond substituents is 1. The summed E-state index contributed by atoms with van der Waals surface area (Å²) in [6, 6.07) is 9.98. The maximum atomic E-state index is 12.6. The Balaban J connectivity index is 2.58. The average Bonchev–Trinajstić information content (AvgIpc) is 2.58. The molecule has 0 bridgehead atoms. The van der Waals surface area contributed by atoms with Gasteiger partial charge in [-0.15, -0.1) is 0 Å². The molecule has 0 aliphatic rings. The number of amides is 1. The number of rotatable bonds is 5. The Labute approximate surface area is 134 Å². The molecular formula is C18H17NO4. The molecule has 118 valence electrons. The number of ether oxygens (including phenoxy) is 1. The molecule has 23 heavy (non-hydrogen) atoms. The van der Waals surface area contributed by atoms with Gasteiger partial charge in [0.1, 0.15) is 11.5 Å². The molecule has 0 saturated heterocycles. The lowest BCUT2D eigenvalue weighted by Gasteiger charge is -2.16. The third-order valence-corrected chi connectivity index (χ3v) is 3.41. The van der Waals surface area contributed by atoms with E-state index in [1.165, 1.54) is 13.2 Å². The van der Waals surface area contributed by atoms with Crippen LogP contribution < -0.4 is 10.1 Å². The summed E-state index contributed by atoms with van der Waals surface area (Å²) in [7, 11) is 1.42. The number of aromatic hydroxyl groups is 1. The van der Waals surface area contributed by atoms with Crippen LogP contribution in [0.4, 0.5) is 5.69 Å². The minimum atomic E-state index is -0.438. The molecule has 0 radical (unpaired) electrons. The fraction of sp³-hybridized carbons (Fsp3) is 0.111. The van der Waals surface area contributed by atoms with Crippen molar-refractivity contribution in [1.82, 2.24) is 0 Å². The second-order valence-electron chi connectivity index (χ2n) is 4.87. The number of ketones is 1. The topological polar surface area (TPSA) is 75.6 Å². The highest BCUT2D eigenvalue weighted by atomic mass is 16.5. The van der Waals surface area contributed by atoms with Crippen LogP contribution in [0.25, 0.3) is 0 Å². The molecule has 2 aromatic rings. The fourth-order valence-corrected chi connectivity index (χ4v) is 2.25. The van der Waals surface area contributed by atoms with Crippen molar-refractivity contribution in [2.24, 2.45) is 0 Å². The van der Waals surface area contributed by atoms with E-state index in [1.807, 2.05) is 0 Å². The first-order chi connectivity index (χ1) is 11.0. The Kier molecular flexibility index (Phi) is 4.81. The molecule has 2 rings (SSSR count). The summed E-state index contributed by atoms with van der Waals surface area (Å²) in [5.74, 6) is -0.663. The van der Waals surface area contributed by atoms with Gasteiger partial charge in [-0.3, -0.25) is 9.59 Å². The van der Waals surface area contributed by atoms with Crippen molar-refractivity contribution in [2.45, 2.75) is 6.92 Å². The summed E-state index contributed by atoms with van der Waals surface area (Å²) in [6.07, 6.45) is 1.11. The number of phenols is 1. The Morgan fingerprint density at radius 2 is 1.91 bits per heavy atom. The van der Waals surface area contributed by atoms with Crippen LogP contribution in [0.15, 0.2) is 49.1 Å². The molecule has 5 heteroatoms. The fourth-order valence-electron chi connectivity index (χ4n) is 2.25. The van der Waals surface area contributed by atoms with Crippen molar-refractivity contribution in [2.75, 3.05) is 12.4 Å². The molecule has 5 nitrogen and oxygen atoms in total. The normalized spacial score (nSPS) is 10.0. The van der Waals surface area contributed by atoms with Gasteiger partial charge in [0.15, 0.2) is 5.78 Å². The second kappa shape index (κ2) is 6.79. The predicted octanol–water partition coefficient (Wildman–Crippen LogP) is 3.06. The van der Waals surface area contributed by atoms with Gasteiger partial charge >= 0.3 is 0 Å². The molecule has 1 amide bonds. The Bertz CT molecular complexity index is 766. The van der Waals surface area contributed by atoms with Crippen LogP contribution in [0.2, 0.25) is 0 Å². The molecule has 0 fully saturated rings. The zero-order chi connectivity index (χ0) is 17.0. The van der Waals surface area contributed by atoms with Crippen LogP contribution in [0, 0.1) is 6.92 Å². The van der Waals surface area contributed by atoms with Gasteiger partial charge in [0.25, 0.3) is 0 Å². The lowest BCUT2D eigenvalue weighted by atomic mass is 9.98. The molecule has 0 aliphatic carbocycles. The van der Waals surface area contributed by atoms with Crippen molar-refractivity contribution < 1.29 is 19.4 Å². The van der Waals surface area contributed by atoms with Gasteiger partial charge in [-0.25, -0.2) is 0 Å². The lowest BCUT2D eigenvalue weighted by Crippen LogP contribution is -2.11. The zero-order valence-corrected chi connectivity index (χ0v) is 12.9. The molecule has 0 aliphatic heterocycles. The van der Waals surface area contributed by atoms with E-state index < -0.39 is 5.91 Å². The molecule has 0 atom stereocenters. The monoisotopic (exact) mass is 311 g/mol. The SMILES string of the molecule is C=CC(=O)Nc1cc(C(=O)c2ccccc2)c(O)c(C)c1OC. The number of carbonyl (C=O) groups excluding carboxylic acids is 2. The van der Waals surface area contributed by atoms with Gasteiger partial charge < -0.3 is 15.2 Å². The maximum absolute atomic E-state index is 12.6. The van der Waals surface area contributed by atoms with Crippen LogP contribution in [0.5, 0.6) is 11.5 Å². The van der Waals surface area contributed by atoms with E-state index in [9.17, 15) is 14.7 Å². The first-order valence-electron chi connectivity index (χ1n) is 6.93. The molecular weight excluding hydrogens is 294 g/mol. The van der Waals surface area contributed by atoms with Gasteiger partial charge in [0.05, 0.1) is 18.4 Å². The van der Waals surface area contributed by atoms with Gasteiger partial charge in [-0.05, 0) is 19.1 Å². The standard InChI is InChI=1S/C18H17NO4/c1-4-15(20)19-14-10-13(16(21)11(2)18(14)23-3)17(22)12-8-6-5-7-9-12/h4-10,21H,1H2,2-3H3,(H,19,20). The Hall–Kier alpha value is -3.08. The van der Waals surface area contributed by atoms with Gasteiger partial charge in [0, 0.05) is 11.1 Å². The minimum Gasteiger partial charge on any atom is -0.507 e. The highest BCUT2D eigenvalue weighted by Gasteiger charge is 2.21. The molecule has 0 heterocycles. The predicted molar refractivity (Wildman–Crippen MR) is 88.1 cm³/mol. The van der Waals surface area contributed by atoms with Crippen molar-refractivity contribution >= 4 is 17.4 Å². The van der Waals surface area contributed by atoms with E-state index in [0.29, 0.717) is 22.6 Å². The number of carbonyl (C=O) groups is 2. The lowest BCUT2D eigenvalue weighted by molar-refractivity contribution is -0.111. The summed E-state index contributed by atoms with van der Waals surface area (Å²) in [4.78, 5) is 24.2. The van der Waals surface area contributed by atoms with E-state index in [2.05, 4.69) is 11.9 Å². The third-order valence-electron chi connectivity index (χ3n) is 3.41. The highest BCUT2D eigenvalue weighted by molar-refractivity contribution is 6.12. The van der Waals surface area contributed by atoms with Crippen molar-refractivity contribution in [3.63, 3.8) is 0 Å². The highest BCUT2D eigenvalue weighted by Crippen LogP contribution is 2.38. The van der Waals surface area contributed by atoms with Crippen LogP contribution in [-0.2, 0) is 4.79 Å². The third kappa shape index (κ3) is 3.23. The summed E-state index contributed by atoms with van der Waals surface area (Å²) in [6.45, 7) is 5.00. The van der Waals surface area contributed by atoms with Crippen molar-refractivity contribution in [1.29, 1.82) is 0 Å². The number of benzene rings is 2. The minimum absolute atomic E-state index is 0.0915. The van der Waals surface area contributed by atoms with Crippen LogP contribution in [0.1, 0.15) is 21.5 Å². The zero-order valence-electron chi connectivity index (χ0n) is 12.9. The molecule has 0 saturated carbocycles. The summed E-state index contributed by atoms with van der Waals surface area (Å²) >= 11 is 0. The summed E-state index contributed by atoms with van der Waals surface area (Å²) in [5, 5.41) is 12.9. The van der Waals surface area contributed by atoms with Crippen LogP contribution in [0.3, 0.4) is 0 Å². The molecule has 2 aromatic carbocycles. The number of hydrogen-bond donors (Lipinski definition) is 2. The van der Waals surface area contributed by atoms with Crippen LogP contribution in [-0.4, -0.2) is 23.9 Å². The quantitative estimate of drug-likeness (QED) is 0.505. The van der Waals surface area contributed by atoms with Gasteiger partial charge in [-0.1, -0.05) is 36.9 Å².